The molecule has 0 aromatic heterocycles. The van der Waals surface area contributed by atoms with Crippen LogP contribution in [0, 0.1) is 17.2 Å². The number of fused-ring (bicyclic) bond motifs is 3. The molecule has 9 nitrogen and oxygen atoms in total. The van der Waals surface area contributed by atoms with Gasteiger partial charge in [0.05, 0.1) is 24.2 Å². The molecule has 2 bridgehead atoms. The minimum Gasteiger partial charge on any atom is -0.355 e. The molecule has 4 fully saturated rings. The molecule has 3 saturated heterocycles. The lowest BCUT2D eigenvalue weighted by atomic mass is 10.0. The van der Waals surface area contributed by atoms with Crippen LogP contribution in [0.4, 0.5) is 0 Å². The Labute approximate surface area is 193 Å². The quantitative estimate of drug-likeness (QED) is 0.640. The van der Waals surface area contributed by atoms with E-state index in [0.717, 1.165) is 18.4 Å². The Morgan fingerprint density at radius 3 is 2.79 bits per heavy atom. The second kappa shape index (κ2) is 8.12. The van der Waals surface area contributed by atoms with Gasteiger partial charge in [-0.05, 0) is 49.8 Å². The number of hydrogen-bond donors (Lipinski definition) is 2. The van der Waals surface area contributed by atoms with Crippen molar-refractivity contribution in [1.29, 1.82) is 5.26 Å². The van der Waals surface area contributed by atoms with E-state index in [4.69, 9.17) is 5.73 Å². The Balaban J connectivity index is 1.24. The number of carbonyl (C=O) groups excluding carboxylic acids is 3. The first-order valence-electron chi connectivity index (χ1n) is 11.7. The topological polar surface area (TPSA) is 123 Å². The third kappa shape index (κ3) is 3.58. The normalized spacial score (nSPS) is 31.8. The molecular formula is C24H30N6O3. The van der Waals surface area contributed by atoms with Crippen molar-refractivity contribution in [1.82, 2.24) is 20.0 Å². The van der Waals surface area contributed by atoms with Gasteiger partial charge >= 0.3 is 0 Å². The van der Waals surface area contributed by atoms with Crippen LogP contribution in [0.15, 0.2) is 24.3 Å². The molecular weight excluding hydrogens is 420 g/mol. The molecule has 1 aromatic rings. The van der Waals surface area contributed by atoms with Crippen LogP contribution in [0.5, 0.6) is 0 Å². The number of rotatable bonds is 6. The number of amides is 3. The Morgan fingerprint density at radius 2 is 2.09 bits per heavy atom. The van der Waals surface area contributed by atoms with Crippen molar-refractivity contribution >= 4 is 17.7 Å². The van der Waals surface area contributed by atoms with Crippen molar-refractivity contribution in [2.45, 2.75) is 62.4 Å². The summed E-state index contributed by atoms with van der Waals surface area (Å²) in [4.78, 5) is 43.9. The minimum atomic E-state index is -0.734. The molecule has 33 heavy (non-hydrogen) atoms. The fourth-order valence-corrected chi connectivity index (χ4v) is 6.05. The van der Waals surface area contributed by atoms with Crippen molar-refractivity contribution in [2.75, 3.05) is 20.1 Å². The van der Waals surface area contributed by atoms with Gasteiger partial charge in [-0.2, -0.15) is 5.26 Å². The molecule has 3 aliphatic heterocycles. The number of nitrogens with one attached hydrogen (secondary N) is 1. The lowest BCUT2D eigenvalue weighted by Crippen LogP contribution is -2.57. The van der Waals surface area contributed by atoms with Crippen LogP contribution in [0.25, 0.3) is 0 Å². The molecule has 0 radical (unpaired) electrons. The van der Waals surface area contributed by atoms with E-state index in [0.29, 0.717) is 31.0 Å². The monoisotopic (exact) mass is 450 g/mol. The van der Waals surface area contributed by atoms with E-state index >= 15 is 0 Å². The predicted octanol–water partition coefficient (Wildman–Crippen LogP) is 0.233. The van der Waals surface area contributed by atoms with Gasteiger partial charge in [-0.1, -0.05) is 12.1 Å². The molecule has 9 heteroatoms. The number of nitrogens with zero attached hydrogens (tertiary/aromatic N) is 4. The van der Waals surface area contributed by atoms with Gasteiger partial charge in [0.2, 0.25) is 11.8 Å². The Bertz CT molecular complexity index is 1040. The summed E-state index contributed by atoms with van der Waals surface area (Å²) in [6.45, 7) is 2.99. The van der Waals surface area contributed by atoms with Crippen LogP contribution in [0.3, 0.4) is 0 Å². The maximum atomic E-state index is 13.3. The summed E-state index contributed by atoms with van der Waals surface area (Å²) in [5, 5.41) is 12.0. The Morgan fingerprint density at radius 1 is 1.30 bits per heavy atom. The van der Waals surface area contributed by atoms with Gasteiger partial charge < -0.3 is 20.9 Å². The van der Waals surface area contributed by atoms with Gasteiger partial charge in [-0.25, -0.2) is 0 Å². The van der Waals surface area contributed by atoms with E-state index in [-0.39, 0.29) is 47.9 Å². The number of piperidine rings is 1. The van der Waals surface area contributed by atoms with Gasteiger partial charge in [0.1, 0.15) is 6.04 Å². The van der Waals surface area contributed by atoms with Crippen LogP contribution in [0.1, 0.15) is 48.1 Å². The fourth-order valence-electron chi connectivity index (χ4n) is 6.05. The largest absolute Gasteiger partial charge is 0.355 e. The molecule has 1 saturated carbocycles. The van der Waals surface area contributed by atoms with E-state index < -0.39 is 6.04 Å². The van der Waals surface area contributed by atoms with Gasteiger partial charge in [-0.15, -0.1) is 0 Å². The molecule has 7 atom stereocenters. The zero-order chi connectivity index (χ0) is 23.4. The first kappa shape index (κ1) is 21.9. The first-order chi connectivity index (χ1) is 15.8. The molecule has 3 N–H and O–H groups in total. The third-order valence-corrected chi connectivity index (χ3v) is 7.85. The van der Waals surface area contributed by atoms with Crippen molar-refractivity contribution < 1.29 is 14.4 Å². The summed E-state index contributed by atoms with van der Waals surface area (Å²) in [5.74, 6) is 0.171. The third-order valence-electron chi connectivity index (χ3n) is 7.85. The number of piperazine rings is 1. The Hall–Kier alpha value is -2.96. The summed E-state index contributed by atoms with van der Waals surface area (Å²) < 4.78 is 0. The summed E-state index contributed by atoms with van der Waals surface area (Å²) >= 11 is 0. The molecule has 3 amide bonds. The van der Waals surface area contributed by atoms with E-state index in [9.17, 15) is 19.6 Å². The van der Waals surface area contributed by atoms with Crippen molar-refractivity contribution in [3.8, 4) is 6.07 Å². The van der Waals surface area contributed by atoms with Crippen molar-refractivity contribution in [3.05, 3.63) is 35.4 Å². The van der Waals surface area contributed by atoms with Gasteiger partial charge in [-0.3, -0.25) is 19.3 Å². The smallest absolute Gasteiger partial charge is 0.251 e. The average Bonchev–Trinajstić information content (AvgIpc) is 3.15. The summed E-state index contributed by atoms with van der Waals surface area (Å²) in [5.41, 5.74) is 7.78. The first-order valence-corrected chi connectivity index (χ1v) is 11.7. The predicted molar refractivity (Wildman–Crippen MR) is 120 cm³/mol. The molecule has 3 heterocycles. The van der Waals surface area contributed by atoms with Gasteiger partial charge in [0, 0.05) is 37.8 Å². The lowest BCUT2D eigenvalue weighted by Gasteiger charge is -2.38. The highest BCUT2D eigenvalue weighted by atomic mass is 16.2. The molecule has 174 valence electrons. The van der Waals surface area contributed by atoms with Crippen LogP contribution < -0.4 is 11.1 Å². The number of hydrogen-bond acceptors (Lipinski definition) is 6. The van der Waals surface area contributed by atoms with Gasteiger partial charge in [0.25, 0.3) is 5.91 Å². The molecule has 5 rings (SSSR count). The standard InChI is InChI=1S/C24H30N6O3/c1-13(14-4-3-5-15(6-14)22(31)27-2)29-18-9-21(24(29)33)28(11-18)12-19(26)23(32)30-17(10-25)7-16-8-20(16)30/h3-6,13,16-21H,7-9,11-12,26H2,1-2H3,(H,27,31)/t13-,16?,17+,18+,19+,20+,21+/m1/s1. The highest BCUT2D eigenvalue weighted by molar-refractivity contribution is 5.94. The molecule has 4 aliphatic rings. The van der Waals surface area contributed by atoms with E-state index in [2.05, 4.69) is 11.4 Å². The van der Waals surface area contributed by atoms with Gasteiger partial charge in [0.15, 0.2) is 0 Å². The second-order valence-corrected chi connectivity index (χ2v) is 9.78. The minimum absolute atomic E-state index is 0.0436. The lowest BCUT2D eigenvalue weighted by molar-refractivity contribution is -0.141. The summed E-state index contributed by atoms with van der Waals surface area (Å²) in [7, 11) is 1.60. The van der Waals surface area contributed by atoms with E-state index in [1.807, 2.05) is 34.9 Å². The van der Waals surface area contributed by atoms with Crippen LogP contribution >= 0.6 is 0 Å². The Kier molecular flexibility index (Phi) is 5.38. The van der Waals surface area contributed by atoms with E-state index in [1.54, 1.807) is 18.0 Å². The second-order valence-electron chi connectivity index (χ2n) is 9.78. The molecule has 0 spiro atoms. The number of benzene rings is 1. The zero-order valence-electron chi connectivity index (χ0n) is 19.0. The van der Waals surface area contributed by atoms with Crippen LogP contribution in [-0.4, -0.2) is 82.8 Å². The summed E-state index contributed by atoms with van der Waals surface area (Å²) in [6.07, 6.45) is 2.44. The molecule has 1 unspecified atom stereocenters. The zero-order valence-corrected chi connectivity index (χ0v) is 19.0. The van der Waals surface area contributed by atoms with Crippen molar-refractivity contribution in [2.24, 2.45) is 11.7 Å². The summed E-state index contributed by atoms with van der Waals surface area (Å²) in [6, 6.07) is 8.30. The van der Waals surface area contributed by atoms with Crippen LogP contribution in [-0.2, 0) is 9.59 Å². The van der Waals surface area contributed by atoms with Crippen molar-refractivity contribution in [3.63, 3.8) is 0 Å². The van der Waals surface area contributed by atoms with E-state index in [1.165, 1.54) is 0 Å². The SMILES string of the molecule is CNC(=O)c1cccc([C@@H](C)N2C(=O)[C@@H]3C[C@H]2CN3C[C@H](N)C(=O)N2[C@H](C#N)CC3C[C@@H]32)c1. The molecule has 1 aliphatic carbocycles. The number of likely N-dealkylation sites (tertiary alicyclic amines) is 3. The molecule has 1 aromatic carbocycles. The average molecular weight is 451 g/mol. The number of carbonyl (C=O) groups is 3. The maximum Gasteiger partial charge on any atom is 0.251 e. The van der Waals surface area contributed by atoms with Crippen LogP contribution in [0.2, 0.25) is 0 Å². The highest BCUT2D eigenvalue weighted by Crippen LogP contribution is 2.48. The fraction of sp³-hybridized carbons (Fsp3) is 0.583. The number of nitrogens with two attached hydrogens (primary N) is 1. The maximum absolute atomic E-state index is 13.3. The highest BCUT2D eigenvalue weighted by Gasteiger charge is 2.56. The number of nitriles is 1.